The Kier molecular flexibility index (Phi) is 4.51. The molecule has 0 saturated carbocycles. The number of ether oxygens (including phenoxy) is 1. The zero-order valence-electron chi connectivity index (χ0n) is 13.6. The number of hydrogen-bond acceptors (Lipinski definition) is 2. The minimum atomic E-state index is 0.00957. The van der Waals surface area contributed by atoms with E-state index in [1.165, 1.54) is 5.56 Å². The second-order valence-electron chi connectivity index (χ2n) is 5.98. The SMILES string of the molecule is COc1ccc(C2CNC(=O)N(Cc3ccccc3)C2)cc1C. The van der Waals surface area contributed by atoms with Crippen molar-refractivity contribution < 1.29 is 9.53 Å². The van der Waals surface area contributed by atoms with E-state index in [4.69, 9.17) is 4.74 Å². The van der Waals surface area contributed by atoms with E-state index in [0.29, 0.717) is 19.0 Å². The van der Waals surface area contributed by atoms with Gasteiger partial charge in [-0.3, -0.25) is 0 Å². The van der Waals surface area contributed by atoms with Gasteiger partial charge in [-0.1, -0.05) is 42.5 Å². The second kappa shape index (κ2) is 6.73. The Bertz CT molecular complexity index is 685. The molecule has 0 aliphatic carbocycles. The fourth-order valence-corrected chi connectivity index (χ4v) is 3.05. The first-order chi connectivity index (χ1) is 11.2. The van der Waals surface area contributed by atoms with Crippen molar-refractivity contribution in [2.45, 2.75) is 19.4 Å². The number of carbonyl (C=O) groups excluding carboxylic acids is 1. The molecule has 1 unspecified atom stereocenters. The van der Waals surface area contributed by atoms with Gasteiger partial charge in [-0.05, 0) is 29.7 Å². The first kappa shape index (κ1) is 15.4. The molecule has 2 amide bonds. The molecule has 4 heteroatoms. The van der Waals surface area contributed by atoms with Crippen molar-refractivity contribution in [1.29, 1.82) is 0 Å². The van der Waals surface area contributed by atoms with Crippen molar-refractivity contribution >= 4 is 6.03 Å². The van der Waals surface area contributed by atoms with Crippen LogP contribution in [-0.2, 0) is 6.54 Å². The third kappa shape index (κ3) is 3.47. The highest BCUT2D eigenvalue weighted by molar-refractivity contribution is 5.75. The maximum atomic E-state index is 12.1. The Morgan fingerprint density at radius 2 is 2.00 bits per heavy atom. The van der Waals surface area contributed by atoms with Gasteiger partial charge in [-0.15, -0.1) is 0 Å². The summed E-state index contributed by atoms with van der Waals surface area (Å²) in [4.78, 5) is 14.0. The summed E-state index contributed by atoms with van der Waals surface area (Å²) >= 11 is 0. The number of aryl methyl sites for hydroxylation is 1. The van der Waals surface area contributed by atoms with Crippen LogP contribution in [-0.4, -0.2) is 31.1 Å². The molecule has 1 N–H and O–H groups in total. The van der Waals surface area contributed by atoms with Crippen molar-refractivity contribution in [2.24, 2.45) is 0 Å². The van der Waals surface area contributed by atoms with Crippen LogP contribution in [0.15, 0.2) is 48.5 Å². The Balaban J connectivity index is 1.75. The molecule has 0 radical (unpaired) electrons. The number of nitrogens with zero attached hydrogens (tertiary/aromatic N) is 1. The Morgan fingerprint density at radius 3 is 2.70 bits per heavy atom. The van der Waals surface area contributed by atoms with Gasteiger partial charge in [-0.25, -0.2) is 4.79 Å². The largest absolute Gasteiger partial charge is 0.496 e. The highest BCUT2D eigenvalue weighted by atomic mass is 16.5. The normalized spacial score (nSPS) is 17.7. The number of carbonyl (C=O) groups is 1. The van der Waals surface area contributed by atoms with E-state index in [2.05, 4.69) is 29.6 Å². The number of urea groups is 1. The van der Waals surface area contributed by atoms with Crippen molar-refractivity contribution in [3.63, 3.8) is 0 Å². The molecule has 0 spiro atoms. The van der Waals surface area contributed by atoms with E-state index in [1.807, 2.05) is 36.1 Å². The summed E-state index contributed by atoms with van der Waals surface area (Å²) in [5.41, 5.74) is 3.51. The molecule has 120 valence electrons. The van der Waals surface area contributed by atoms with Gasteiger partial charge >= 0.3 is 6.03 Å². The molecule has 4 nitrogen and oxygen atoms in total. The number of benzene rings is 2. The summed E-state index contributed by atoms with van der Waals surface area (Å²) in [5.74, 6) is 1.19. The number of hydrogen-bond donors (Lipinski definition) is 1. The first-order valence-electron chi connectivity index (χ1n) is 7.88. The topological polar surface area (TPSA) is 41.6 Å². The van der Waals surface area contributed by atoms with Crippen molar-refractivity contribution in [3.05, 3.63) is 65.2 Å². The van der Waals surface area contributed by atoms with Crippen LogP contribution < -0.4 is 10.1 Å². The summed E-state index contributed by atoms with van der Waals surface area (Å²) in [7, 11) is 1.68. The lowest BCUT2D eigenvalue weighted by molar-refractivity contribution is 0.176. The summed E-state index contributed by atoms with van der Waals surface area (Å²) in [6, 6.07) is 16.4. The minimum absolute atomic E-state index is 0.00957. The molecule has 1 aliphatic rings. The number of rotatable bonds is 4. The third-order valence-corrected chi connectivity index (χ3v) is 4.33. The molecule has 0 aromatic heterocycles. The summed E-state index contributed by atoms with van der Waals surface area (Å²) in [5, 5.41) is 3.00. The van der Waals surface area contributed by atoms with E-state index >= 15 is 0 Å². The molecule has 2 aromatic rings. The quantitative estimate of drug-likeness (QED) is 0.941. The molecule has 2 aromatic carbocycles. The lowest BCUT2D eigenvalue weighted by Crippen LogP contribution is -2.49. The van der Waals surface area contributed by atoms with Crippen LogP contribution in [0.5, 0.6) is 5.75 Å². The van der Waals surface area contributed by atoms with E-state index in [-0.39, 0.29) is 6.03 Å². The van der Waals surface area contributed by atoms with Crippen LogP contribution in [0.25, 0.3) is 0 Å². The molecule has 3 rings (SSSR count). The summed E-state index contributed by atoms with van der Waals surface area (Å²) in [6.45, 7) is 4.09. The fraction of sp³-hybridized carbons (Fsp3) is 0.316. The van der Waals surface area contributed by atoms with Crippen LogP contribution in [0, 0.1) is 6.92 Å². The van der Waals surface area contributed by atoms with Gasteiger partial charge in [0, 0.05) is 25.6 Å². The van der Waals surface area contributed by atoms with Crippen LogP contribution in [0.3, 0.4) is 0 Å². The zero-order valence-corrected chi connectivity index (χ0v) is 13.6. The smallest absolute Gasteiger partial charge is 0.317 e. The Morgan fingerprint density at radius 1 is 1.22 bits per heavy atom. The van der Waals surface area contributed by atoms with E-state index < -0.39 is 0 Å². The van der Waals surface area contributed by atoms with Gasteiger partial charge < -0.3 is 15.0 Å². The predicted octanol–water partition coefficient (Wildman–Crippen LogP) is 3.31. The molecule has 1 atom stereocenters. The van der Waals surface area contributed by atoms with Gasteiger partial charge in [0.2, 0.25) is 0 Å². The predicted molar refractivity (Wildman–Crippen MR) is 90.7 cm³/mol. The van der Waals surface area contributed by atoms with Crippen molar-refractivity contribution in [3.8, 4) is 5.75 Å². The maximum Gasteiger partial charge on any atom is 0.317 e. The molecule has 1 fully saturated rings. The van der Waals surface area contributed by atoms with Crippen LogP contribution in [0.4, 0.5) is 4.79 Å². The second-order valence-corrected chi connectivity index (χ2v) is 5.98. The average molecular weight is 310 g/mol. The highest BCUT2D eigenvalue weighted by Gasteiger charge is 2.26. The molecule has 0 bridgehead atoms. The first-order valence-corrected chi connectivity index (χ1v) is 7.88. The Labute approximate surface area is 137 Å². The maximum absolute atomic E-state index is 12.1. The van der Waals surface area contributed by atoms with Crippen molar-refractivity contribution in [2.75, 3.05) is 20.2 Å². The standard InChI is InChI=1S/C19H22N2O2/c1-14-10-16(8-9-18(14)23-2)17-11-20-19(22)21(13-17)12-15-6-4-3-5-7-15/h3-10,17H,11-13H2,1-2H3,(H,20,22). The number of nitrogens with one attached hydrogen (secondary N) is 1. The van der Waals surface area contributed by atoms with E-state index in [0.717, 1.165) is 23.4 Å². The van der Waals surface area contributed by atoms with Gasteiger partial charge in [0.15, 0.2) is 0 Å². The third-order valence-electron chi connectivity index (χ3n) is 4.33. The molecule has 1 aliphatic heterocycles. The summed E-state index contributed by atoms with van der Waals surface area (Å²) in [6.07, 6.45) is 0. The average Bonchev–Trinajstić information content (AvgIpc) is 2.58. The molecular weight excluding hydrogens is 288 g/mol. The van der Waals surface area contributed by atoms with Crippen LogP contribution in [0.2, 0.25) is 0 Å². The summed E-state index contributed by atoms with van der Waals surface area (Å²) < 4.78 is 5.32. The lowest BCUT2D eigenvalue weighted by atomic mass is 9.95. The van der Waals surface area contributed by atoms with Gasteiger partial charge in [-0.2, -0.15) is 0 Å². The van der Waals surface area contributed by atoms with Gasteiger partial charge in [0.1, 0.15) is 5.75 Å². The molecule has 1 heterocycles. The lowest BCUT2D eigenvalue weighted by Gasteiger charge is -2.33. The number of methoxy groups -OCH3 is 1. The molecule has 1 saturated heterocycles. The van der Waals surface area contributed by atoms with E-state index in [1.54, 1.807) is 7.11 Å². The van der Waals surface area contributed by atoms with Crippen LogP contribution in [0.1, 0.15) is 22.6 Å². The minimum Gasteiger partial charge on any atom is -0.496 e. The Hall–Kier alpha value is -2.49. The molecular formula is C19H22N2O2. The molecule has 23 heavy (non-hydrogen) atoms. The van der Waals surface area contributed by atoms with E-state index in [9.17, 15) is 4.79 Å². The van der Waals surface area contributed by atoms with Gasteiger partial charge in [0.05, 0.1) is 7.11 Å². The van der Waals surface area contributed by atoms with Crippen molar-refractivity contribution in [1.82, 2.24) is 10.2 Å². The van der Waals surface area contributed by atoms with Gasteiger partial charge in [0.25, 0.3) is 0 Å². The zero-order chi connectivity index (χ0) is 16.2. The highest BCUT2D eigenvalue weighted by Crippen LogP contribution is 2.26. The number of amides is 2. The monoisotopic (exact) mass is 310 g/mol. The van der Waals surface area contributed by atoms with Crippen LogP contribution >= 0.6 is 0 Å². The fourth-order valence-electron chi connectivity index (χ4n) is 3.05.